The van der Waals surface area contributed by atoms with Crippen LogP contribution in [0.4, 0.5) is 0 Å². The smallest absolute Gasteiger partial charge is 0.191 e. The second-order valence-electron chi connectivity index (χ2n) is 7.37. The van der Waals surface area contributed by atoms with E-state index < -0.39 is 0 Å². The van der Waals surface area contributed by atoms with E-state index in [1.165, 1.54) is 11.1 Å². The predicted molar refractivity (Wildman–Crippen MR) is 129 cm³/mol. The number of ether oxygens (including phenoxy) is 2. The molecule has 1 aromatic heterocycles. The van der Waals surface area contributed by atoms with Gasteiger partial charge < -0.3 is 24.7 Å². The molecule has 1 saturated heterocycles. The van der Waals surface area contributed by atoms with Gasteiger partial charge in [-0.05, 0) is 38.0 Å². The molecule has 2 heterocycles. The van der Waals surface area contributed by atoms with E-state index in [2.05, 4.69) is 57.7 Å². The maximum absolute atomic E-state index is 5.70. The number of methoxy groups -OCH3 is 1. The molecule has 2 N–H and O–H groups in total. The number of aryl methyl sites for hydroxylation is 1. The molecule has 0 radical (unpaired) electrons. The van der Waals surface area contributed by atoms with Gasteiger partial charge in [-0.3, -0.25) is 4.99 Å². The first-order valence-electron chi connectivity index (χ1n) is 9.95. The zero-order chi connectivity index (χ0) is 19.8. The number of guanidine groups is 1. The summed E-state index contributed by atoms with van der Waals surface area (Å²) in [7, 11) is 3.56. The highest BCUT2D eigenvalue weighted by Crippen LogP contribution is 2.40. The number of nitrogens with zero attached hydrogens (tertiary/aromatic N) is 2. The van der Waals surface area contributed by atoms with Gasteiger partial charge in [0.1, 0.15) is 5.75 Å². The second kappa shape index (κ2) is 11.4. The van der Waals surface area contributed by atoms with Gasteiger partial charge in [0.15, 0.2) is 5.96 Å². The molecule has 1 aliphatic heterocycles. The van der Waals surface area contributed by atoms with Crippen molar-refractivity contribution in [3.8, 4) is 5.75 Å². The van der Waals surface area contributed by atoms with E-state index in [0.29, 0.717) is 0 Å². The topological polar surface area (TPSA) is 59.8 Å². The van der Waals surface area contributed by atoms with Gasteiger partial charge in [-0.2, -0.15) is 0 Å². The maximum Gasteiger partial charge on any atom is 0.191 e. The zero-order valence-electron chi connectivity index (χ0n) is 17.6. The molecule has 0 spiro atoms. The molecular formula is C22H33IN4O2. The van der Waals surface area contributed by atoms with Gasteiger partial charge in [0.05, 0.1) is 7.11 Å². The van der Waals surface area contributed by atoms with E-state index in [1.807, 2.05) is 19.2 Å². The number of aliphatic imine (C=N–C) groups is 1. The van der Waals surface area contributed by atoms with Crippen molar-refractivity contribution in [3.05, 3.63) is 53.9 Å². The Balaban J connectivity index is 0.00000300. The van der Waals surface area contributed by atoms with Crippen molar-refractivity contribution in [2.45, 2.75) is 31.7 Å². The molecule has 1 fully saturated rings. The summed E-state index contributed by atoms with van der Waals surface area (Å²) < 4.78 is 13.5. The molecule has 160 valence electrons. The van der Waals surface area contributed by atoms with E-state index in [1.54, 1.807) is 7.11 Å². The number of rotatable bonds is 7. The lowest BCUT2D eigenvalue weighted by atomic mass is 9.73. The Morgan fingerprint density at radius 1 is 1.21 bits per heavy atom. The fourth-order valence-corrected chi connectivity index (χ4v) is 3.84. The molecule has 7 heteroatoms. The lowest BCUT2D eigenvalue weighted by Gasteiger charge is -2.39. The zero-order valence-corrected chi connectivity index (χ0v) is 19.9. The van der Waals surface area contributed by atoms with Crippen LogP contribution >= 0.6 is 24.0 Å². The number of hydrogen-bond donors (Lipinski definition) is 2. The van der Waals surface area contributed by atoms with Gasteiger partial charge in [0.25, 0.3) is 0 Å². The van der Waals surface area contributed by atoms with Crippen LogP contribution in [0.25, 0.3) is 0 Å². The van der Waals surface area contributed by atoms with Crippen molar-refractivity contribution in [2.24, 2.45) is 4.99 Å². The lowest BCUT2D eigenvalue weighted by molar-refractivity contribution is 0.0505. The third kappa shape index (κ3) is 6.12. The number of nitrogens with one attached hydrogen (secondary N) is 2. The summed E-state index contributed by atoms with van der Waals surface area (Å²) in [4.78, 5) is 4.40. The molecule has 0 amide bonds. The molecule has 29 heavy (non-hydrogen) atoms. The molecule has 2 aromatic rings. The summed E-state index contributed by atoms with van der Waals surface area (Å²) >= 11 is 0. The Bertz CT molecular complexity index is 771. The molecular weight excluding hydrogens is 479 g/mol. The van der Waals surface area contributed by atoms with Gasteiger partial charge in [0, 0.05) is 63.3 Å². The van der Waals surface area contributed by atoms with E-state index >= 15 is 0 Å². The van der Waals surface area contributed by atoms with Crippen molar-refractivity contribution in [3.63, 3.8) is 0 Å². The van der Waals surface area contributed by atoms with Crippen LogP contribution in [0.5, 0.6) is 5.75 Å². The largest absolute Gasteiger partial charge is 0.496 e. The van der Waals surface area contributed by atoms with E-state index in [0.717, 1.165) is 57.4 Å². The molecule has 0 unspecified atom stereocenters. The quantitative estimate of drug-likeness (QED) is 0.340. The summed E-state index contributed by atoms with van der Waals surface area (Å²) in [5.41, 5.74) is 2.47. The van der Waals surface area contributed by atoms with Crippen LogP contribution in [0, 0.1) is 6.92 Å². The fourth-order valence-electron chi connectivity index (χ4n) is 3.84. The third-order valence-electron chi connectivity index (χ3n) is 5.52. The third-order valence-corrected chi connectivity index (χ3v) is 5.52. The van der Waals surface area contributed by atoms with Crippen molar-refractivity contribution >= 4 is 29.9 Å². The summed E-state index contributed by atoms with van der Waals surface area (Å²) in [5, 5.41) is 6.96. The fraction of sp³-hybridized carbons (Fsp3) is 0.500. The van der Waals surface area contributed by atoms with E-state index in [4.69, 9.17) is 9.47 Å². The van der Waals surface area contributed by atoms with Crippen LogP contribution in [-0.4, -0.2) is 51.0 Å². The van der Waals surface area contributed by atoms with Crippen LogP contribution in [0.1, 0.15) is 24.0 Å². The minimum absolute atomic E-state index is 0. The van der Waals surface area contributed by atoms with Gasteiger partial charge in [0.2, 0.25) is 0 Å². The van der Waals surface area contributed by atoms with Crippen LogP contribution in [0.2, 0.25) is 0 Å². The van der Waals surface area contributed by atoms with Gasteiger partial charge in [-0.25, -0.2) is 0 Å². The lowest BCUT2D eigenvalue weighted by Crippen LogP contribution is -2.48. The maximum atomic E-state index is 5.70. The molecule has 1 aromatic carbocycles. The summed E-state index contributed by atoms with van der Waals surface area (Å²) in [6, 6.07) is 10.5. The van der Waals surface area contributed by atoms with Crippen LogP contribution in [0.3, 0.4) is 0 Å². The van der Waals surface area contributed by atoms with Crippen LogP contribution in [-0.2, 0) is 16.7 Å². The molecule has 0 aliphatic carbocycles. The van der Waals surface area contributed by atoms with E-state index in [9.17, 15) is 0 Å². The Hall–Kier alpha value is -1.74. The molecule has 0 atom stereocenters. The van der Waals surface area contributed by atoms with Crippen molar-refractivity contribution in [1.82, 2.24) is 15.2 Å². The Morgan fingerprint density at radius 2 is 1.93 bits per heavy atom. The number of benzene rings is 1. The minimum atomic E-state index is -0.0341. The highest BCUT2D eigenvalue weighted by atomic mass is 127. The first-order valence-corrected chi connectivity index (χ1v) is 9.95. The first kappa shape index (κ1) is 23.5. The number of aromatic nitrogens is 1. The Labute approximate surface area is 191 Å². The predicted octanol–water partition coefficient (Wildman–Crippen LogP) is 3.34. The molecule has 1 aliphatic rings. The Morgan fingerprint density at radius 3 is 2.59 bits per heavy atom. The standard InChI is InChI=1S/C22H32N4O2.HI/c1-18-6-7-20(27-3)19(16-18)22(8-14-28-15-9-22)17-25-21(23-2)24-10-13-26-11-4-5-12-26;/h4-7,11-12,16H,8-10,13-15,17H2,1-3H3,(H2,23,24,25);1H. The number of hydrogen-bond acceptors (Lipinski definition) is 3. The number of halogens is 1. The van der Waals surface area contributed by atoms with Crippen molar-refractivity contribution in [1.29, 1.82) is 0 Å². The second-order valence-corrected chi connectivity index (χ2v) is 7.37. The molecule has 0 bridgehead atoms. The summed E-state index contributed by atoms with van der Waals surface area (Å²) in [5.74, 6) is 1.77. The average molecular weight is 512 g/mol. The molecule has 3 rings (SSSR count). The monoisotopic (exact) mass is 512 g/mol. The molecule has 0 saturated carbocycles. The summed E-state index contributed by atoms with van der Waals surface area (Å²) in [6.45, 7) is 6.16. The molecule has 6 nitrogen and oxygen atoms in total. The SMILES string of the molecule is CN=C(NCCn1cccc1)NCC1(c2cc(C)ccc2OC)CCOCC1.I. The summed E-state index contributed by atoms with van der Waals surface area (Å²) in [6.07, 6.45) is 6.05. The first-order chi connectivity index (χ1) is 13.7. The van der Waals surface area contributed by atoms with Crippen LogP contribution in [0.15, 0.2) is 47.7 Å². The minimum Gasteiger partial charge on any atom is -0.496 e. The van der Waals surface area contributed by atoms with Crippen molar-refractivity contribution in [2.75, 3.05) is 40.5 Å². The highest BCUT2D eigenvalue weighted by molar-refractivity contribution is 14.0. The Kier molecular flexibility index (Phi) is 9.29. The van der Waals surface area contributed by atoms with Crippen molar-refractivity contribution < 1.29 is 9.47 Å². The average Bonchev–Trinajstić information content (AvgIpc) is 3.24. The van der Waals surface area contributed by atoms with Gasteiger partial charge in [-0.15, -0.1) is 24.0 Å². The van der Waals surface area contributed by atoms with Gasteiger partial charge in [-0.1, -0.05) is 17.7 Å². The van der Waals surface area contributed by atoms with Crippen LogP contribution < -0.4 is 15.4 Å². The van der Waals surface area contributed by atoms with E-state index in [-0.39, 0.29) is 29.4 Å². The highest BCUT2D eigenvalue weighted by Gasteiger charge is 2.37. The van der Waals surface area contributed by atoms with Gasteiger partial charge >= 0.3 is 0 Å². The normalized spacial score (nSPS) is 16.0.